The van der Waals surface area contributed by atoms with Gasteiger partial charge in [0.05, 0.1) is 11.1 Å². The van der Waals surface area contributed by atoms with Crippen molar-refractivity contribution in [1.29, 1.82) is 0 Å². The minimum absolute atomic E-state index is 0.104. The lowest BCUT2D eigenvalue weighted by molar-refractivity contribution is -0.120. The van der Waals surface area contributed by atoms with E-state index >= 15 is 0 Å². The summed E-state index contributed by atoms with van der Waals surface area (Å²) in [6.07, 6.45) is 2.57. The Morgan fingerprint density at radius 3 is 2.38 bits per heavy atom. The number of aromatic amines is 1. The van der Waals surface area contributed by atoms with Gasteiger partial charge in [0.2, 0.25) is 15.9 Å². The van der Waals surface area contributed by atoms with E-state index in [2.05, 4.69) is 29.4 Å². The summed E-state index contributed by atoms with van der Waals surface area (Å²) in [5, 5.41) is 9.24. The van der Waals surface area contributed by atoms with Gasteiger partial charge in [-0.05, 0) is 36.5 Å². The number of H-pyrrole nitrogens is 1. The molecule has 140 valence electrons. The highest BCUT2D eigenvalue weighted by atomic mass is 32.2. The van der Waals surface area contributed by atoms with Crippen molar-refractivity contribution in [2.24, 2.45) is 5.92 Å². The molecule has 2 aromatic rings. The number of nitrogens with zero attached hydrogens (tertiary/aromatic N) is 2. The van der Waals surface area contributed by atoms with E-state index in [1.54, 1.807) is 24.4 Å². The average Bonchev–Trinajstić information content (AvgIpc) is 3.15. The van der Waals surface area contributed by atoms with Gasteiger partial charge in [-0.1, -0.05) is 26.0 Å². The van der Waals surface area contributed by atoms with Crippen LogP contribution < -0.4 is 5.32 Å². The van der Waals surface area contributed by atoms with E-state index in [1.165, 1.54) is 4.31 Å². The van der Waals surface area contributed by atoms with Crippen LogP contribution in [0.5, 0.6) is 0 Å². The Morgan fingerprint density at radius 1 is 1.19 bits per heavy atom. The first kappa shape index (κ1) is 18.6. The SMILES string of the molecule is CC(C)c1ccc(S(=O)(=O)N2CCC(C(=O)Nc3ccn[nH]3)CC2)cc1. The predicted octanol–water partition coefficient (Wildman–Crippen LogP) is 2.57. The highest BCUT2D eigenvalue weighted by Gasteiger charge is 2.32. The molecule has 1 fully saturated rings. The molecule has 0 spiro atoms. The fourth-order valence-corrected chi connectivity index (χ4v) is 4.56. The molecule has 0 unspecified atom stereocenters. The first-order chi connectivity index (χ1) is 12.4. The number of carbonyl (C=O) groups excluding carboxylic acids is 1. The summed E-state index contributed by atoms with van der Waals surface area (Å²) in [5.74, 6) is 0.604. The number of anilines is 1. The van der Waals surface area contributed by atoms with Gasteiger partial charge >= 0.3 is 0 Å². The summed E-state index contributed by atoms with van der Waals surface area (Å²) in [5.41, 5.74) is 1.11. The van der Waals surface area contributed by atoms with Crippen LogP contribution in [0.15, 0.2) is 41.4 Å². The van der Waals surface area contributed by atoms with E-state index in [4.69, 9.17) is 0 Å². The minimum atomic E-state index is -3.52. The lowest BCUT2D eigenvalue weighted by Crippen LogP contribution is -2.41. The van der Waals surface area contributed by atoms with Crippen LogP contribution in [-0.4, -0.2) is 41.9 Å². The van der Waals surface area contributed by atoms with Crippen LogP contribution in [0.25, 0.3) is 0 Å². The van der Waals surface area contributed by atoms with Gasteiger partial charge < -0.3 is 5.32 Å². The third kappa shape index (κ3) is 3.96. The molecule has 0 bridgehead atoms. The Labute approximate surface area is 153 Å². The molecule has 7 nitrogen and oxygen atoms in total. The number of benzene rings is 1. The highest BCUT2D eigenvalue weighted by molar-refractivity contribution is 7.89. The smallest absolute Gasteiger partial charge is 0.243 e. The number of carbonyl (C=O) groups is 1. The Morgan fingerprint density at radius 2 is 1.85 bits per heavy atom. The Hall–Kier alpha value is -2.19. The zero-order valence-corrected chi connectivity index (χ0v) is 15.8. The molecule has 1 aromatic carbocycles. The van der Waals surface area contributed by atoms with Gasteiger partial charge in [0.1, 0.15) is 5.82 Å². The highest BCUT2D eigenvalue weighted by Crippen LogP contribution is 2.25. The maximum Gasteiger partial charge on any atom is 0.243 e. The first-order valence-corrected chi connectivity index (χ1v) is 10.2. The molecule has 26 heavy (non-hydrogen) atoms. The zero-order chi connectivity index (χ0) is 18.7. The Kier molecular flexibility index (Phi) is 5.43. The number of piperidine rings is 1. The quantitative estimate of drug-likeness (QED) is 0.838. The molecule has 0 saturated carbocycles. The summed E-state index contributed by atoms with van der Waals surface area (Å²) in [7, 11) is -3.52. The van der Waals surface area contributed by atoms with E-state index in [0.717, 1.165) is 5.56 Å². The standard InChI is InChI=1S/C18H24N4O3S/c1-13(2)14-3-5-16(6-4-14)26(24,25)22-11-8-15(9-12-22)18(23)20-17-7-10-19-21-17/h3-7,10,13,15H,8-9,11-12H2,1-2H3,(H2,19,20,21,23). The Bertz CT molecular complexity index is 837. The van der Waals surface area contributed by atoms with Crippen LogP contribution >= 0.6 is 0 Å². The van der Waals surface area contributed by atoms with E-state index in [1.807, 2.05) is 12.1 Å². The van der Waals surface area contributed by atoms with Gasteiger partial charge in [-0.15, -0.1) is 0 Å². The van der Waals surface area contributed by atoms with E-state index in [-0.39, 0.29) is 11.8 Å². The van der Waals surface area contributed by atoms with Crippen molar-refractivity contribution < 1.29 is 13.2 Å². The number of hydrogen-bond acceptors (Lipinski definition) is 4. The second kappa shape index (κ2) is 7.59. The summed E-state index contributed by atoms with van der Waals surface area (Å²) in [4.78, 5) is 12.6. The molecule has 0 radical (unpaired) electrons. The molecule has 1 aliphatic rings. The van der Waals surface area contributed by atoms with Crippen molar-refractivity contribution in [3.63, 3.8) is 0 Å². The van der Waals surface area contributed by atoms with Gasteiger partial charge in [0.15, 0.2) is 0 Å². The van der Waals surface area contributed by atoms with Crippen LogP contribution in [0.1, 0.15) is 38.2 Å². The molecular formula is C18H24N4O3S. The summed E-state index contributed by atoms with van der Waals surface area (Å²) < 4.78 is 27.1. The number of hydrogen-bond donors (Lipinski definition) is 2. The third-order valence-corrected chi connectivity index (χ3v) is 6.68. The number of sulfonamides is 1. The summed E-state index contributed by atoms with van der Waals surface area (Å²) >= 11 is 0. The first-order valence-electron chi connectivity index (χ1n) is 8.78. The number of nitrogens with one attached hydrogen (secondary N) is 2. The van der Waals surface area contributed by atoms with E-state index in [0.29, 0.717) is 42.6 Å². The summed E-state index contributed by atoms with van der Waals surface area (Å²) in [6, 6.07) is 8.74. The fourth-order valence-electron chi connectivity index (χ4n) is 3.09. The molecule has 0 aliphatic carbocycles. The van der Waals surface area contributed by atoms with Crippen LogP contribution in [0.3, 0.4) is 0 Å². The molecule has 2 N–H and O–H groups in total. The van der Waals surface area contributed by atoms with Crippen LogP contribution in [0.4, 0.5) is 5.82 Å². The second-order valence-corrected chi connectivity index (χ2v) is 8.80. The maximum atomic E-state index is 12.8. The fraction of sp³-hybridized carbons (Fsp3) is 0.444. The third-order valence-electron chi connectivity index (χ3n) is 4.77. The molecule has 0 atom stereocenters. The zero-order valence-electron chi connectivity index (χ0n) is 15.0. The van der Waals surface area contributed by atoms with Crippen molar-refractivity contribution in [3.8, 4) is 0 Å². The predicted molar refractivity (Wildman–Crippen MR) is 99.2 cm³/mol. The van der Waals surface area contributed by atoms with Gasteiger partial charge in [-0.25, -0.2) is 8.42 Å². The van der Waals surface area contributed by atoms with Gasteiger partial charge in [0.25, 0.3) is 0 Å². The number of rotatable bonds is 5. The average molecular weight is 376 g/mol. The molecule has 1 aromatic heterocycles. The molecule has 1 aliphatic heterocycles. The summed E-state index contributed by atoms with van der Waals surface area (Å²) in [6.45, 7) is 4.83. The van der Waals surface area contributed by atoms with Crippen LogP contribution in [0.2, 0.25) is 0 Å². The van der Waals surface area contributed by atoms with Gasteiger partial charge in [-0.3, -0.25) is 9.89 Å². The molecule has 8 heteroatoms. The van der Waals surface area contributed by atoms with Crippen molar-refractivity contribution in [1.82, 2.24) is 14.5 Å². The molecular weight excluding hydrogens is 352 g/mol. The molecule has 1 amide bonds. The lowest BCUT2D eigenvalue weighted by Gasteiger charge is -2.30. The van der Waals surface area contributed by atoms with Crippen molar-refractivity contribution >= 4 is 21.7 Å². The molecule has 3 rings (SSSR count). The van der Waals surface area contributed by atoms with E-state index in [9.17, 15) is 13.2 Å². The van der Waals surface area contributed by atoms with Crippen LogP contribution in [0, 0.1) is 5.92 Å². The van der Waals surface area contributed by atoms with Gasteiger partial charge in [-0.2, -0.15) is 9.40 Å². The van der Waals surface area contributed by atoms with Crippen molar-refractivity contribution in [3.05, 3.63) is 42.1 Å². The minimum Gasteiger partial charge on any atom is -0.311 e. The monoisotopic (exact) mass is 376 g/mol. The van der Waals surface area contributed by atoms with Gasteiger partial charge in [0, 0.05) is 25.1 Å². The van der Waals surface area contributed by atoms with Crippen LogP contribution in [-0.2, 0) is 14.8 Å². The van der Waals surface area contributed by atoms with Crippen molar-refractivity contribution in [2.75, 3.05) is 18.4 Å². The second-order valence-electron chi connectivity index (χ2n) is 6.86. The van der Waals surface area contributed by atoms with Crippen molar-refractivity contribution in [2.45, 2.75) is 37.5 Å². The lowest BCUT2D eigenvalue weighted by atomic mass is 9.97. The normalized spacial score (nSPS) is 16.7. The number of amides is 1. The van der Waals surface area contributed by atoms with E-state index < -0.39 is 10.0 Å². The maximum absolute atomic E-state index is 12.8. The Balaban J connectivity index is 1.62. The molecule has 1 saturated heterocycles. The largest absolute Gasteiger partial charge is 0.311 e. The molecule has 2 heterocycles. The number of aromatic nitrogens is 2. The topological polar surface area (TPSA) is 95.2 Å².